The van der Waals surface area contributed by atoms with Crippen LogP contribution in [0.1, 0.15) is 37.0 Å². The van der Waals surface area contributed by atoms with Crippen molar-refractivity contribution in [1.82, 2.24) is 4.90 Å². The number of nitrogens with zero attached hydrogens (tertiary/aromatic N) is 1. The Labute approximate surface area is 115 Å². The van der Waals surface area contributed by atoms with Crippen molar-refractivity contribution < 1.29 is 9.84 Å². The van der Waals surface area contributed by atoms with Gasteiger partial charge in [0.15, 0.2) is 0 Å². The van der Waals surface area contributed by atoms with E-state index in [2.05, 4.69) is 17.9 Å². The quantitative estimate of drug-likeness (QED) is 0.887. The molecule has 2 unspecified atom stereocenters. The number of piperidine rings is 1. The molecule has 1 N–H and O–H groups in total. The molecule has 0 amide bonds. The van der Waals surface area contributed by atoms with Gasteiger partial charge in [0.2, 0.25) is 0 Å². The summed E-state index contributed by atoms with van der Waals surface area (Å²) in [5.41, 5.74) is 2.33. The Morgan fingerprint density at radius 2 is 2.00 bits per heavy atom. The van der Waals surface area contributed by atoms with Gasteiger partial charge in [0, 0.05) is 6.04 Å². The number of benzene rings is 1. The topological polar surface area (TPSA) is 32.7 Å². The van der Waals surface area contributed by atoms with Crippen LogP contribution < -0.4 is 4.74 Å². The lowest BCUT2D eigenvalue weighted by molar-refractivity contribution is 0.0409. The van der Waals surface area contributed by atoms with Gasteiger partial charge < -0.3 is 9.84 Å². The molecule has 3 rings (SSSR count). The van der Waals surface area contributed by atoms with E-state index in [0.29, 0.717) is 0 Å². The van der Waals surface area contributed by atoms with Crippen molar-refractivity contribution in [3.05, 3.63) is 29.3 Å². The highest BCUT2D eigenvalue weighted by Crippen LogP contribution is 2.37. The number of rotatable bonds is 2. The van der Waals surface area contributed by atoms with Crippen LogP contribution in [0.3, 0.4) is 0 Å². The number of hydrogen-bond donors (Lipinski definition) is 1. The Bertz CT molecular complexity index is 452. The Balaban J connectivity index is 1.77. The first-order chi connectivity index (χ1) is 9.19. The molecule has 1 saturated heterocycles. The summed E-state index contributed by atoms with van der Waals surface area (Å²) in [4.78, 5) is 2.47. The summed E-state index contributed by atoms with van der Waals surface area (Å²) < 4.78 is 5.26. The van der Waals surface area contributed by atoms with Crippen molar-refractivity contribution in [2.75, 3.05) is 20.2 Å². The van der Waals surface area contributed by atoms with E-state index in [1.54, 1.807) is 7.11 Å². The van der Waals surface area contributed by atoms with Crippen LogP contribution in [0.25, 0.3) is 0 Å². The summed E-state index contributed by atoms with van der Waals surface area (Å²) in [5, 5.41) is 10.6. The van der Waals surface area contributed by atoms with Crippen LogP contribution in [-0.4, -0.2) is 36.2 Å². The van der Waals surface area contributed by atoms with Gasteiger partial charge in [-0.15, -0.1) is 0 Å². The van der Waals surface area contributed by atoms with Crippen molar-refractivity contribution in [1.29, 1.82) is 0 Å². The van der Waals surface area contributed by atoms with Crippen molar-refractivity contribution in [3.63, 3.8) is 0 Å². The minimum Gasteiger partial charge on any atom is -0.497 e. The third kappa shape index (κ3) is 2.37. The highest BCUT2D eigenvalue weighted by molar-refractivity contribution is 5.41. The summed E-state index contributed by atoms with van der Waals surface area (Å²) in [7, 11) is 1.67. The second kappa shape index (κ2) is 5.14. The van der Waals surface area contributed by atoms with E-state index in [9.17, 15) is 5.11 Å². The van der Waals surface area contributed by atoms with E-state index in [1.165, 1.54) is 18.4 Å². The molecule has 0 radical (unpaired) electrons. The zero-order valence-electron chi connectivity index (χ0n) is 11.8. The highest BCUT2D eigenvalue weighted by Gasteiger charge is 2.36. The average molecular weight is 261 g/mol. The van der Waals surface area contributed by atoms with Crippen LogP contribution in [0.15, 0.2) is 18.2 Å². The van der Waals surface area contributed by atoms with Crippen molar-refractivity contribution in [2.45, 2.75) is 38.3 Å². The SMILES string of the molecule is COc1ccc2c(c1)C(O)C(N1CCC(C)CC1)C2. The van der Waals surface area contributed by atoms with E-state index in [-0.39, 0.29) is 12.1 Å². The van der Waals surface area contributed by atoms with Gasteiger partial charge in [-0.25, -0.2) is 0 Å². The largest absolute Gasteiger partial charge is 0.497 e. The molecule has 1 aliphatic carbocycles. The summed E-state index contributed by atoms with van der Waals surface area (Å²) in [6, 6.07) is 6.34. The maximum atomic E-state index is 10.6. The number of ether oxygens (including phenoxy) is 1. The smallest absolute Gasteiger partial charge is 0.119 e. The molecular weight excluding hydrogens is 238 g/mol. The second-order valence-corrected chi connectivity index (χ2v) is 6.00. The third-order valence-corrected chi connectivity index (χ3v) is 4.75. The molecule has 2 aliphatic rings. The molecule has 0 saturated carbocycles. The van der Waals surface area contributed by atoms with Gasteiger partial charge in [-0.1, -0.05) is 13.0 Å². The van der Waals surface area contributed by atoms with Gasteiger partial charge in [0.1, 0.15) is 5.75 Å². The third-order valence-electron chi connectivity index (χ3n) is 4.75. The molecule has 104 valence electrons. The zero-order chi connectivity index (χ0) is 13.4. The van der Waals surface area contributed by atoms with Crippen molar-refractivity contribution in [3.8, 4) is 5.75 Å². The van der Waals surface area contributed by atoms with Crippen LogP contribution in [0.4, 0.5) is 0 Å². The number of hydrogen-bond acceptors (Lipinski definition) is 3. The number of likely N-dealkylation sites (tertiary alicyclic amines) is 1. The Kier molecular flexibility index (Phi) is 3.50. The van der Waals surface area contributed by atoms with Gasteiger partial charge >= 0.3 is 0 Å². The zero-order valence-corrected chi connectivity index (χ0v) is 11.8. The van der Waals surface area contributed by atoms with Crippen molar-refractivity contribution in [2.24, 2.45) is 5.92 Å². The molecule has 0 spiro atoms. The fourth-order valence-corrected chi connectivity index (χ4v) is 3.39. The second-order valence-electron chi connectivity index (χ2n) is 6.00. The fraction of sp³-hybridized carbons (Fsp3) is 0.625. The molecule has 3 heteroatoms. The van der Waals surface area contributed by atoms with Crippen LogP contribution in [0.2, 0.25) is 0 Å². The molecule has 1 aromatic rings. The lowest BCUT2D eigenvalue weighted by Crippen LogP contribution is -2.43. The summed E-state index contributed by atoms with van der Waals surface area (Å²) >= 11 is 0. The molecule has 2 atom stereocenters. The Morgan fingerprint density at radius 3 is 2.68 bits per heavy atom. The number of methoxy groups -OCH3 is 1. The number of aliphatic hydroxyl groups excluding tert-OH is 1. The first kappa shape index (κ1) is 12.9. The van der Waals surface area contributed by atoms with Gasteiger partial charge in [-0.3, -0.25) is 4.90 Å². The lowest BCUT2D eigenvalue weighted by Gasteiger charge is -2.36. The van der Waals surface area contributed by atoms with Gasteiger partial charge in [0.05, 0.1) is 13.2 Å². The molecule has 1 aliphatic heterocycles. The van der Waals surface area contributed by atoms with E-state index >= 15 is 0 Å². The maximum Gasteiger partial charge on any atom is 0.119 e. The molecule has 1 fully saturated rings. The van der Waals surface area contributed by atoms with Gasteiger partial charge in [0.25, 0.3) is 0 Å². The molecular formula is C16H23NO2. The maximum absolute atomic E-state index is 10.6. The van der Waals surface area contributed by atoms with E-state index in [0.717, 1.165) is 36.7 Å². The van der Waals surface area contributed by atoms with Gasteiger partial charge in [-0.05, 0) is 61.5 Å². The predicted molar refractivity (Wildman–Crippen MR) is 75.4 cm³/mol. The molecule has 3 nitrogen and oxygen atoms in total. The van der Waals surface area contributed by atoms with Crippen molar-refractivity contribution >= 4 is 0 Å². The average Bonchev–Trinajstić information content (AvgIpc) is 2.76. The molecule has 1 heterocycles. The first-order valence-electron chi connectivity index (χ1n) is 7.28. The fourth-order valence-electron chi connectivity index (χ4n) is 3.39. The summed E-state index contributed by atoms with van der Waals surface area (Å²) in [6.45, 7) is 4.56. The first-order valence-corrected chi connectivity index (χ1v) is 7.28. The van der Waals surface area contributed by atoms with E-state index in [1.807, 2.05) is 12.1 Å². The Hall–Kier alpha value is -1.06. The molecule has 1 aromatic carbocycles. The standard InChI is InChI=1S/C16H23NO2/c1-11-5-7-17(8-6-11)15-9-12-3-4-13(19-2)10-14(12)16(15)18/h3-4,10-11,15-16,18H,5-9H2,1-2H3. The predicted octanol–water partition coefficient (Wildman–Crippen LogP) is 2.39. The lowest BCUT2D eigenvalue weighted by atomic mass is 9.97. The molecule has 0 aromatic heterocycles. The normalized spacial score (nSPS) is 28.4. The number of aliphatic hydroxyl groups is 1. The minimum atomic E-state index is -0.362. The molecule has 19 heavy (non-hydrogen) atoms. The summed E-state index contributed by atoms with van der Waals surface area (Å²) in [6.07, 6.45) is 3.11. The van der Waals surface area contributed by atoms with E-state index < -0.39 is 0 Å². The van der Waals surface area contributed by atoms with Crippen LogP contribution in [0, 0.1) is 5.92 Å². The number of fused-ring (bicyclic) bond motifs is 1. The van der Waals surface area contributed by atoms with Crippen LogP contribution >= 0.6 is 0 Å². The Morgan fingerprint density at radius 1 is 1.26 bits per heavy atom. The van der Waals surface area contributed by atoms with Gasteiger partial charge in [-0.2, -0.15) is 0 Å². The molecule has 0 bridgehead atoms. The van der Waals surface area contributed by atoms with E-state index in [4.69, 9.17) is 4.74 Å². The van der Waals surface area contributed by atoms with Crippen LogP contribution in [-0.2, 0) is 6.42 Å². The highest BCUT2D eigenvalue weighted by atomic mass is 16.5. The minimum absolute atomic E-state index is 0.259. The summed E-state index contributed by atoms with van der Waals surface area (Å²) in [5.74, 6) is 1.67. The van der Waals surface area contributed by atoms with Crippen LogP contribution in [0.5, 0.6) is 5.75 Å². The monoisotopic (exact) mass is 261 g/mol.